The van der Waals surface area contributed by atoms with E-state index in [-0.39, 0.29) is 35.7 Å². The number of amides is 1. The quantitative estimate of drug-likeness (QED) is 0.703. The Morgan fingerprint density at radius 3 is 2.62 bits per heavy atom. The van der Waals surface area contributed by atoms with Gasteiger partial charge in [0.15, 0.2) is 0 Å². The van der Waals surface area contributed by atoms with E-state index in [0.29, 0.717) is 19.5 Å². The first-order valence-electron chi connectivity index (χ1n) is 8.03. The largest absolute Gasteiger partial charge is 0.356 e. The van der Waals surface area contributed by atoms with Crippen LogP contribution in [0, 0.1) is 5.92 Å². The highest BCUT2D eigenvalue weighted by molar-refractivity contribution is 7.89. The number of halogens is 1. The zero-order valence-electron chi connectivity index (χ0n) is 13.9. The predicted molar refractivity (Wildman–Crippen MR) is 96.7 cm³/mol. The monoisotopic (exact) mass is 375 g/mol. The third kappa shape index (κ3) is 5.44. The molecule has 1 aromatic carbocycles. The molecule has 136 valence electrons. The molecule has 0 bridgehead atoms. The van der Waals surface area contributed by atoms with Gasteiger partial charge in [-0.1, -0.05) is 18.2 Å². The third-order valence-electron chi connectivity index (χ3n) is 4.04. The maximum absolute atomic E-state index is 12.6. The van der Waals surface area contributed by atoms with Gasteiger partial charge in [-0.05, 0) is 45.0 Å². The third-order valence-corrected chi connectivity index (χ3v) is 5.92. The molecule has 1 amide bonds. The van der Waals surface area contributed by atoms with Crippen LogP contribution in [0.25, 0.3) is 0 Å². The SMILES string of the molecule is CNCCCNC(=O)C1CCCN(S(=O)(=O)c2ccccc2)C1.Cl. The molecule has 24 heavy (non-hydrogen) atoms. The number of benzene rings is 1. The molecule has 0 radical (unpaired) electrons. The van der Waals surface area contributed by atoms with Crippen molar-refractivity contribution >= 4 is 28.3 Å². The number of nitrogens with one attached hydrogen (secondary N) is 2. The Morgan fingerprint density at radius 2 is 1.96 bits per heavy atom. The van der Waals surface area contributed by atoms with E-state index in [1.807, 2.05) is 7.05 Å². The molecule has 1 atom stereocenters. The van der Waals surface area contributed by atoms with Crippen molar-refractivity contribution in [2.75, 3.05) is 33.2 Å². The number of rotatable bonds is 7. The van der Waals surface area contributed by atoms with Crippen LogP contribution in [-0.4, -0.2) is 51.9 Å². The molecular weight excluding hydrogens is 350 g/mol. The van der Waals surface area contributed by atoms with Gasteiger partial charge < -0.3 is 10.6 Å². The minimum absolute atomic E-state index is 0. The molecule has 0 aliphatic carbocycles. The van der Waals surface area contributed by atoms with Crippen molar-refractivity contribution in [2.45, 2.75) is 24.2 Å². The van der Waals surface area contributed by atoms with Gasteiger partial charge in [0, 0.05) is 19.6 Å². The average molecular weight is 376 g/mol. The smallest absolute Gasteiger partial charge is 0.243 e. The molecule has 1 aromatic rings. The summed E-state index contributed by atoms with van der Waals surface area (Å²) >= 11 is 0. The standard InChI is InChI=1S/C16H25N3O3S.ClH/c1-17-10-6-11-18-16(20)14-7-5-12-19(13-14)23(21,22)15-8-3-2-4-9-15;/h2-4,8-9,14,17H,5-7,10-13H2,1H3,(H,18,20);1H. The van der Waals surface area contributed by atoms with Crippen LogP contribution >= 0.6 is 12.4 Å². The lowest BCUT2D eigenvalue weighted by Crippen LogP contribution is -2.45. The second-order valence-corrected chi connectivity index (χ2v) is 7.70. The molecule has 1 fully saturated rings. The fourth-order valence-electron chi connectivity index (χ4n) is 2.74. The fourth-order valence-corrected chi connectivity index (χ4v) is 4.28. The highest BCUT2D eigenvalue weighted by atomic mass is 35.5. The molecule has 0 spiro atoms. The normalized spacial score (nSPS) is 18.6. The van der Waals surface area contributed by atoms with Gasteiger partial charge >= 0.3 is 0 Å². The fraction of sp³-hybridized carbons (Fsp3) is 0.562. The van der Waals surface area contributed by atoms with Crippen LogP contribution in [0.4, 0.5) is 0 Å². The molecule has 6 nitrogen and oxygen atoms in total. The Morgan fingerprint density at radius 1 is 1.25 bits per heavy atom. The van der Waals surface area contributed by atoms with Gasteiger partial charge in [0.2, 0.25) is 15.9 Å². The van der Waals surface area contributed by atoms with E-state index >= 15 is 0 Å². The van der Waals surface area contributed by atoms with Crippen molar-refractivity contribution < 1.29 is 13.2 Å². The topological polar surface area (TPSA) is 78.5 Å². The van der Waals surface area contributed by atoms with Crippen molar-refractivity contribution in [3.05, 3.63) is 30.3 Å². The maximum Gasteiger partial charge on any atom is 0.243 e. The van der Waals surface area contributed by atoms with E-state index in [9.17, 15) is 13.2 Å². The van der Waals surface area contributed by atoms with Crippen LogP contribution in [0.1, 0.15) is 19.3 Å². The van der Waals surface area contributed by atoms with Crippen LogP contribution in [0.5, 0.6) is 0 Å². The number of hydrogen-bond donors (Lipinski definition) is 2. The number of carbonyl (C=O) groups is 1. The molecule has 2 rings (SSSR count). The van der Waals surface area contributed by atoms with Crippen molar-refractivity contribution in [3.8, 4) is 0 Å². The molecule has 0 aromatic heterocycles. The molecule has 1 aliphatic heterocycles. The van der Waals surface area contributed by atoms with E-state index in [4.69, 9.17) is 0 Å². The molecule has 0 saturated carbocycles. The van der Waals surface area contributed by atoms with Crippen LogP contribution in [-0.2, 0) is 14.8 Å². The van der Waals surface area contributed by atoms with Crippen LogP contribution < -0.4 is 10.6 Å². The zero-order chi connectivity index (χ0) is 16.7. The molecule has 2 N–H and O–H groups in total. The first kappa shape index (κ1) is 20.9. The number of piperidine rings is 1. The number of carbonyl (C=O) groups excluding carboxylic acids is 1. The minimum Gasteiger partial charge on any atom is -0.356 e. The van der Waals surface area contributed by atoms with Crippen molar-refractivity contribution in [2.24, 2.45) is 5.92 Å². The van der Waals surface area contributed by atoms with E-state index in [1.54, 1.807) is 30.3 Å². The Labute approximate surface area is 150 Å². The van der Waals surface area contributed by atoms with E-state index < -0.39 is 10.0 Å². The second kappa shape index (κ2) is 9.98. The molecule has 1 heterocycles. The highest BCUT2D eigenvalue weighted by Gasteiger charge is 2.32. The van der Waals surface area contributed by atoms with Gasteiger partial charge in [-0.25, -0.2) is 8.42 Å². The Hall–Kier alpha value is -1.15. The van der Waals surface area contributed by atoms with Crippen LogP contribution in [0.3, 0.4) is 0 Å². The average Bonchev–Trinajstić information content (AvgIpc) is 2.59. The summed E-state index contributed by atoms with van der Waals surface area (Å²) in [6.07, 6.45) is 2.31. The van der Waals surface area contributed by atoms with Gasteiger partial charge in [0.05, 0.1) is 10.8 Å². The summed E-state index contributed by atoms with van der Waals surface area (Å²) < 4.78 is 26.7. The molecular formula is C16H26ClN3O3S. The summed E-state index contributed by atoms with van der Waals surface area (Å²) in [5.41, 5.74) is 0. The van der Waals surface area contributed by atoms with Crippen LogP contribution in [0.15, 0.2) is 35.2 Å². The first-order chi connectivity index (χ1) is 11.1. The number of nitrogens with zero attached hydrogens (tertiary/aromatic N) is 1. The van der Waals surface area contributed by atoms with Gasteiger partial charge in [0.1, 0.15) is 0 Å². The lowest BCUT2D eigenvalue weighted by molar-refractivity contribution is -0.126. The summed E-state index contributed by atoms with van der Waals surface area (Å²) in [7, 11) is -1.64. The molecule has 8 heteroatoms. The summed E-state index contributed by atoms with van der Waals surface area (Å²) in [6.45, 7) is 2.19. The second-order valence-electron chi connectivity index (χ2n) is 5.76. The Kier molecular flexibility index (Phi) is 8.69. The maximum atomic E-state index is 12.6. The summed E-state index contributed by atoms with van der Waals surface area (Å²) in [6, 6.07) is 8.40. The van der Waals surface area contributed by atoms with E-state index in [2.05, 4.69) is 10.6 Å². The zero-order valence-corrected chi connectivity index (χ0v) is 15.5. The van der Waals surface area contributed by atoms with Gasteiger partial charge in [-0.15, -0.1) is 12.4 Å². The van der Waals surface area contributed by atoms with Crippen molar-refractivity contribution in [1.82, 2.24) is 14.9 Å². The van der Waals surface area contributed by atoms with E-state index in [0.717, 1.165) is 19.4 Å². The van der Waals surface area contributed by atoms with Gasteiger partial charge in [0.25, 0.3) is 0 Å². The molecule has 1 saturated heterocycles. The van der Waals surface area contributed by atoms with Crippen LogP contribution in [0.2, 0.25) is 0 Å². The lowest BCUT2D eigenvalue weighted by atomic mass is 9.99. The Bertz CT molecular complexity index is 610. The minimum atomic E-state index is -3.51. The summed E-state index contributed by atoms with van der Waals surface area (Å²) in [5, 5.41) is 5.93. The first-order valence-corrected chi connectivity index (χ1v) is 9.47. The molecule has 1 aliphatic rings. The molecule has 1 unspecified atom stereocenters. The summed E-state index contributed by atoms with van der Waals surface area (Å²) in [5.74, 6) is -0.314. The Balaban J connectivity index is 0.00000288. The lowest BCUT2D eigenvalue weighted by Gasteiger charge is -2.31. The van der Waals surface area contributed by atoms with Gasteiger partial charge in [-0.2, -0.15) is 4.31 Å². The predicted octanol–water partition coefficient (Wildman–Crippen LogP) is 1.23. The highest BCUT2D eigenvalue weighted by Crippen LogP contribution is 2.23. The summed E-state index contributed by atoms with van der Waals surface area (Å²) in [4.78, 5) is 12.5. The van der Waals surface area contributed by atoms with Crippen molar-refractivity contribution in [3.63, 3.8) is 0 Å². The van der Waals surface area contributed by atoms with Gasteiger partial charge in [-0.3, -0.25) is 4.79 Å². The van der Waals surface area contributed by atoms with Crippen molar-refractivity contribution in [1.29, 1.82) is 0 Å². The van der Waals surface area contributed by atoms with E-state index in [1.165, 1.54) is 4.31 Å². The number of sulfonamides is 1. The number of hydrogen-bond acceptors (Lipinski definition) is 4.